The molecule has 0 saturated carbocycles. The molecule has 143 valence electrons. The summed E-state index contributed by atoms with van der Waals surface area (Å²) in [7, 11) is -4.06. The van der Waals surface area contributed by atoms with E-state index >= 15 is 0 Å². The molecule has 1 aliphatic rings. The standard InChI is InChI=1S/C19H36NO3Si2/c1-18(2)12-11-13-19(3,4)20(18)23-17(22)16(25(8,9)10)15(14-21)24(5,6)7/h11-13H2,1-10H3. The highest BCUT2D eigenvalue weighted by atomic mass is 28.3. The minimum atomic E-state index is -2.07. The van der Waals surface area contributed by atoms with Gasteiger partial charge in [0, 0.05) is 10.4 Å². The van der Waals surface area contributed by atoms with E-state index in [1.165, 1.54) is 0 Å². The molecule has 0 bridgehead atoms. The molecule has 0 aromatic heterocycles. The number of hydroxylamine groups is 2. The molecule has 0 atom stereocenters. The Labute approximate surface area is 155 Å². The zero-order chi connectivity index (χ0) is 19.8. The van der Waals surface area contributed by atoms with Crippen LogP contribution in [0.15, 0.2) is 16.3 Å². The van der Waals surface area contributed by atoms with Gasteiger partial charge in [-0.05, 0) is 47.0 Å². The van der Waals surface area contributed by atoms with Crippen molar-refractivity contribution in [2.75, 3.05) is 0 Å². The van der Waals surface area contributed by atoms with E-state index in [1.54, 1.807) is 0 Å². The molecule has 1 aliphatic heterocycles. The molecular formula is C19H36NO3Si2. The number of carbonyl (C=O) groups excluding carboxylic acids is 1. The summed E-state index contributed by atoms with van der Waals surface area (Å²) in [6.07, 6.45) is 3.08. The van der Waals surface area contributed by atoms with Gasteiger partial charge in [-0.3, -0.25) is 0 Å². The second kappa shape index (κ2) is 7.07. The van der Waals surface area contributed by atoms with Crippen LogP contribution in [0.25, 0.3) is 0 Å². The lowest BCUT2D eigenvalue weighted by atomic mass is 9.82. The van der Waals surface area contributed by atoms with Crippen molar-refractivity contribution in [3.05, 3.63) is 16.3 Å². The second-order valence-corrected chi connectivity index (χ2v) is 20.5. The van der Waals surface area contributed by atoms with E-state index in [0.717, 1.165) is 19.3 Å². The summed E-state index contributed by atoms with van der Waals surface area (Å²) < 4.78 is 0. The highest BCUT2D eigenvalue weighted by Crippen LogP contribution is 2.40. The Bertz CT molecular complexity index is 573. The van der Waals surface area contributed by atoms with E-state index in [1.807, 2.05) is 5.06 Å². The molecule has 1 fully saturated rings. The molecule has 1 heterocycles. The third-order valence-corrected chi connectivity index (χ3v) is 8.96. The summed E-state index contributed by atoms with van der Waals surface area (Å²) in [6, 6.07) is 0. The van der Waals surface area contributed by atoms with E-state index in [4.69, 9.17) is 4.84 Å². The van der Waals surface area contributed by atoms with Gasteiger partial charge in [0.25, 0.3) is 0 Å². The normalized spacial score (nSPS) is 22.0. The molecule has 1 radical (unpaired) electrons. The number of rotatable bonds is 5. The predicted molar refractivity (Wildman–Crippen MR) is 109 cm³/mol. The Morgan fingerprint density at radius 3 is 1.68 bits per heavy atom. The maximum atomic E-state index is 13.2. The van der Waals surface area contributed by atoms with Crippen LogP contribution in [0.5, 0.6) is 0 Å². The van der Waals surface area contributed by atoms with Gasteiger partial charge < -0.3 is 4.84 Å². The molecular weight excluding hydrogens is 346 g/mol. The fourth-order valence-corrected chi connectivity index (χ4v) is 8.58. The SMILES string of the molecule is CC1(C)CCCC(C)(C)N1OC([O])=C(C(=C=O)[Si](C)(C)C)[Si](C)(C)C. The summed E-state index contributed by atoms with van der Waals surface area (Å²) in [6.45, 7) is 21.0. The minimum absolute atomic E-state index is 0.216. The summed E-state index contributed by atoms with van der Waals surface area (Å²) >= 11 is 0. The molecule has 25 heavy (non-hydrogen) atoms. The monoisotopic (exact) mass is 382 g/mol. The summed E-state index contributed by atoms with van der Waals surface area (Å²) in [4.78, 5) is 17.7. The Hall–Kier alpha value is -0.816. The molecule has 4 nitrogen and oxygen atoms in total. The van der Waals surface area contributed by atoms with Gasteiger partial charge in [-0.1, -0.05) is 39.3 Å². The first-order valence-electron chi connectivity index (χ1n) is 9.20. The van der Waals surface area contributed by atoms with Crippen molar-refractivity contribution in [3.63, 3.8) is 0 Å². The summed E-state index contributed by atoms with van der Waals surface area (Å²) in [5, 5.41) is 16.3. The smallest absolute Gasteiger partial charge is 0.349 e. The molecule has 0 unspecified atom stereocenters. The molecule has 1 saturated heterocycles. The number of hydrogen-bond donors (Lipinski definition) is 0. The van der Waals surface area contributed by atoms with Gasteiger partial charge in [-0.2, -0.15) is 0 Å². The Morgan fingerprint density at radius 1 is 0.920 bits per heavy atom. The van der Waals surface area contributed by atoms with Gasteiger partial charge in [0.2, 0.25) is 0 Å². The van der Waals surface area contributed by atoms with Gasteiger partial charge in [-0.25, -0.2) is 9.90 Å². The van der Waals surface area contributed by atoms with Crippen molar-refractivity contribution in [2.45, 2.75) is 97.3 Å². The molecule has 0 aromatic carbocycles. The highest BCUT2D eigenvalue weighted by Gasteiger charge is 2.45. The van der Waals surface area contributed by atoms with Crippen molar-refractivity contribution in [1.82, 2.24) is 5.06 Å². The highest BCUT2D eigenvalue weighted by molar-refractivity contribution is 6.93. The molecule has 0 spiro atoms. The quantitative estimate of drug-likeness (QED) is 0.287. The Kier molecular flexibility index (Phi) is 6.28. The van der Waals surface area contributed by atoms with E-state index in [2.05, 4.69) is 72.9 Å². The molecule has 1 rings (SSSR count). The number of piperidine rings is 1. The van der Waals surface area contributed by atoms with Gasteiger partial charge in [0.15, 0.2) is 0 Å². The van der Waals surface area contributed by atoms with Crippen LogP contribution in [0.3, 0.4) is 0 Å². The molecule has 0 aliphatic carbocycles. The topological polar surface area (TPSA) is 49.4 Å². The maximum Gasteiger partial charge on any atom is 0.349 e. The van der Waals surface area contributed by atoms with E-state index in [-0.39, 0.29) is 17.0 Å². The van der Waals surface area contributed by atoms with Crippen LogP contribution >= 0.6 is 0 Å². The number of allylic oxidation sites excluding steroid dienone is 2. The summed E-state index contributed by atoms with van der Waals surface area (Å²) in [5.41, 5.74) is -0.432. The third kappa shape index (κ3) is 5.10. The fraction of sp³-hybridized carbons (Fsp3) is 0.789. The lowest BCUT2D eigenvalue weighted by molar-refractivity contribution is -0.281. The average Bonchev–Trinajstić information content (AvgIpc) is 2.36. The summed E-state index contributed by atoms with van der Waals surface area (Å²) in [5.74, 6) is 1.77. The first-order chi connectivity index (χ1) is 11.0. The number of hydrogen-bond acceptors (Lipinski definition) is 3. The van der Waals surface area contributed by atoms with Crippen LogP contribution in [0.4, 0.5) is 0 Å². The van der Waals surface area contributed by atoms with Crippen LogP contribution in [-0.2, 0) is 14.7 Å². The third-order valence-electron chi connectivity index (χ3n) is 4.91. The second-order valence-electron chi connectivity index (χ2n) is 10.5. The van der Waals surface area contributed by atoms with Crippen molar-refractivity contribution in [1.29, 1.82) is 0 Å². The van der Waals surface area contributed by atoms with Crippen molar-refractivity contribution in [2.24, 2.45) is 0 Å². The number of nitrogens with zero attached hydrogens (tertiary/aromatic N) is 1. The van der Waals surface area contributed by atoms with Gasteiger partial charge in [0.05, 0.1) is 27.2 Å². The maximum absolute atomic E-state index is 13.2. The minimum Gasteiger partial charge on any atom is -0.363 e. The van der Waals surface area contributed by atoms with Gasteiger partial charge >= 0.3 is 5.95 Å². The largest absolute Gasteiger partial charge is 0.363 e. The Balaban J connectivity index is 3.46. The molecule has 0 aromatic rings. The first kappa shape index (κ1) is 22.2. The van der Waals surface area contributed by atoms with E-state index in [9.17, 15) is 9.90 Å². The van der Waals surface area contributed by atoms with Crippen LogP contribution < -0.4 is 0 Å². The fourth-order valence-electron chi connectivity index (χ4n) is 3.71. The van der Waals surface area contributed by atoms with E-state index in [0.29, 0.717) is 10.4 Å². The predicted octanol–water partition coefficient (Wildman–Crippen LogP) is 5.12. The van der Waals surface area contributed by atoms with Crippen LogP contribution in [0, 0.1) is 0 Å². The molecule has 0 N–H and O–H groups in total. The molecule has 0 amide bonds. The average molecular weight is 383 g/mol. The first-order valence-corrected chi connectivity index (χ1v) is 16.2. The van der Waals surface area contributed by atoms with Crippen molar-refractivity contribution in [3.8, 4) is 0 Å². The zero-order valence-corrected chi connectivity index (χ0v) is 19.8. The van der Waals surface area contributed by atoms with E-state index < -0.39 is 16.1 Å². The van der Waals surface area contributed by atoms with Gasteiger partial charge in [-0.15, -0.1) is 5.06 Å². The van der Waals surface area contributed by atoms with Crippen molar-refractivity contribution < 1.29 is 14.7 Å². The van der Waals surface area contributed by atoms with Crippen LogP contribution in [0.1, 0.15) is 47.0 Å². The Morgan fingerprint density at radius 2 is 1.36 bits per heavy atom. The molecule has 6 heteroatoms. The zero-order valence-electron chi connectivity index (χ0n) is 17.8. The van der Waals surface area contributed by atoms with Gasteiger partial charge in [0.1, 0.15) is 5.94 Å². The lowest BCUT2D eigenvalue weighted by Crippen LogP contribution is -2.58. The lowest BCUT2D eigenvalue weighted by Gasteiger charge is -2.50. The van der Waals surface area contributed by atoms with Crippen molar-refractivity contribution >= 4 is 22.1 Å². The van der Waals surface area contributed by atoms with Crippen LogP contribution in [0.2, 0.25) is 39.3 Å². The van der Waals surface area contributed by atoms with Crippen LogP contribution in [-0.4, -0.2) is 38.2 Å².